The van der Waals surface area contributed by atoms with Crippen LogP contribution in [-0.2, 0) is 4.74 Å². The second kappa shape index (κ2) is 3.64. The molecule has 1 fully saturated rings. The summed E-state index contributed by atoms with van der Waals surface area (Å²) in [6.45, 7) is -5.99. The van der Waals surface area contributed by atoms with Gasteiger partial charge in [-0.2, -0.15) is 0 Å². The van der Waals surface area contributed by atoms with Crippen molar-refractivity contribution in [3.05, 3.63) is 22.7 Å². The maximum Gasteiger partial charge on any atom is 0.130 e. The molecule has 2 heterocycles. The zero-order chi connectivity index (χ0) is 18.9. The third kappa shape index (κ3) is 1.84. The van der Waals surface area contributed by atoms with Crippen LogP contribution in [0.5, 0.6) is 0 Å². The fourth-order valence-corrected chi connectivity index (χ4v) is 1.02. The van der Waals surface area contributed by atoms with Crippen molar-refractivity contribution in [3.63, 3.8) is 0 Å². The molecule has 1 saturated heterocycles. The highest BCUT2D eigenvalue weighted by atomic mass is 79.9. The van der Waals surface area contributed by atoms with Gasteiger partial charge >= 0.3 is 0 Å². The Balaban J connectivity index is 2.59. The van der Waals surface area contributed by atoms with Crippen molar-refractivity contribution in [3.8, 4) is 0 Å². The topological polar surface area (TPSA) is 25.4 Å². The van der Waals surface area contributed by atoms with Crippen LogP contribution in [0.1, 0.15) is 15.1 Å². The fraction of sp³-hybridized carbons (Fsp3) is 0.444. The maximum absolute atomic E-state index is 7.89. The van der Waals surface area contributed by atoms with E-state index in [-0.39, 0.29) is 9.50 Å². The molecule has 1 aliphatic heterocycles. The molecule has 1 aromatic rings. The number of hydrogen-bond acceptors (Lipinski definition) is 3. The van der Waals surface area contributed by atoms with Crippen LogP contribution in [-0.4, -0.2) is 31.1 Å². The molecule has 3 nitrogen and oxygen atoms in total. The van der Waals surface area contributed by atoms with Crippen molar-refractivity contribution < 1.29 is 19.8 Å². The van der Waals surface area contributed by atoms with E-state index in [1.165, 1.54) is 0 Å². The number of aromatic nitrogens is 1. The van der Waals surface area contributed by atoms with Gasteiger partial charge in [0.2, 0.25) is 0 Å². The first-order valence-corrected chi connectivity index (χ1v) is 4.01. The molecule has 70 valence electrons. The zero-order valence-electron chi connectivity index (χ0n) is 17.2. The van der Waals surface area contributed by atoms with Gasteiger partial charge < -0.3 is 9.64 Å². The summed E-state index contributed by atoms with van der Waals surface area (Å²) in [6.07, 6.45) is -3.12. The molecule has 0 bridgehead atoms. The van der Waals surface area contributed by atoms with Crippen LogP contribution < -0.4 is 4.90 Å². The largest absolute Gasteiger partial charge is 0.378 e. The van der Waals surface area contributed by atoms with Crippen LogP contribution in [0.2, 0.25) is 0 Å². The highest BCUT2D eigenvalue weighted by Crippen LogP contribution is 2.21. The summed E-state index contributed by atoms with van der Waals surface area (Å²) in [5, 5.41) is 0. The monoisotopic (exact) mass is 253 g/mol. The summed E-state index contributed by atoms with van der Waals surface area (Å²) in [7, 11) is -3.22. The minimum atomic E-state index is -3.22. The molecule has 0 aromatic carbocycles. The molecule has 0 atom stereocenters. The average molecular weight is 254 g/mol. The molecule has 2 rings (SSSR count). The lowest BCUT2D eigenvalue weighted by molar-refractivity contribution is 0.0783. The Morgan fingerprint density at radius 3 is 3.54 bits per heavy atom. The smallest absolute Gasteiger partial charge is 0.130 e. The number of nitrogens with zero attached hydrogens (tertiary/aromatic N) is 2. The van der Waals surface area contributed by atoms with Crippen LogP contribution in [0.15, 0.2) is 22.7 Å². The Kier molecular flexibility index (Phi) is 0.756. The number of pyridine rings is 1. The highest BCUT2D eigenvalue weighted by Gasteiger charge is 2.27. The average Bonchev–Trinajstić information content (AvgIpc) is 2.39. The normalized spacial score (nSPS) is 40.7. The van der Waals surface area contributed by atoms with Crippen LogP contribution in [0.3, 0.4) is 0 Å². The van der Waals surface area contributed by atoms with Crippen LogP contribution in [0, 0.1) is 0 Å². The lowest BCUT2D eigenvalue weighted by atomic mass is 10.1. The van der Waals surface area contributed by atoms with Gasteiger partial charge in [-0.3, -0.25) is 0 Å². The molecular weight excluding hydrogens is 232 g/mol. The van der Waals surface area contributed by atoms with Crippen molar-refractivity contribution in [2.75, 3.05) is 24.9 Å². The molecule has 1 aromatic heterocycles. The van der Waals surface area contributed by atoms with Gasteiger partial charge in [-0.1, -0.05) is 6.04 Å². The van der Waals surface area contributed by atoms with Gasteiger partial charge in [0.05, 0.1) is 21.2 Å². The van der Waals surface area contributed by atoms with Gasteiger partial charge in [-0.05, 0) is 28.0 Å². The van der Waals surface area contributed by atoms with E-state index < -0.39 is 50.1 Å². The molecule has 1 aliphatic rings. The molecule has 0 aliphatic carbocycles. The van der Waals surface area contributed by atoms with Gasteiger partial charge in [-0.15, -0.1) is 0 Å². The molecular formula is C9H11BrN2O. The number of rotatable bonds is 2. The van der Waals surface area contributed by atoms with E-state index >= 15 is 0 Å². The predicted molar refractivity (Wildman–Crippen MR) is 54.9 cm³/mol. The third-order valence-electron chi connectivity index (χ3n) is 1.28. The number of halogens is 1. The molecule has 13 heavy (non-hydrogen) atoms. The Morgan fingerprint density at radius 1 is 1.92 bits per heavy atom. The van der Waals surface area contributed by atoms with Crippen molar-refractivity contribution in [1.29, 1.82) is 0 Å². The van der Waals surface area contributed by atoms with Crippen molar-refractivity contribution >= 4 is 21.7 Å². The van der Waals surface area contributed by atoms with Gasteiger partial charge in [-0.25, -0.2) is 4.98 Å². The molecule has 0 amide bonds. The maximum atomic E-state index is 7.89. The predicted octanol–water partition coefficient (Wildman–Crippen LogP) is 1.68. The van der Waals surface area contributed by atoms with Crippen LogP contribution in [0.25, 0.3) is 0 Å². The van der Waals surface area contributed by atoms with Gasteiger partial charge in [0.15, 0.2) is 0 Å². The first-order valence-electron chi connectivity index (χ1n) is 8.72. The Hall–Kier alpha value is -0.610. The van der Waals surface area contributed by atoms with E-state index in [1.54, 1.807) is 0 Å². The Morgan fingerprint density at radius 2 is 2.77 bits per heavy atom. The highest BCUT2D eigenvalue weighted by molar-refractivity contribution is 9.10. The number of hydrogen-bond donors (Lipinski definition) is 0. The summed E-state index contributed by atoms with van der Waals surface area (Å²) in [5.41, 5.74) is 0. The molecule has 0 unspecified atom stereocenters. The molecule has 0 N–H and O–H groups in total. The van der Waals surface area contributed by atoms with Gasteiger partial charge in [0.1, 0.15) is 10.4 Å². The summed E-state index contributed by atoms with van der Waals surface area (Å²) < 4.78 is 87.5. The van der Waals surface area contributed by atoms with E-state index in [9.17, 15) is 0 Å². The molecule has 0 spiro atoms. The second-order valence-electron chi connectivity index (χ2n) is 2.09. The quantitative estimate of drug-likeness (QED) is 0.751. The Bertz CT molecular complexity index is 675. The van der Waals surface area contributed by atoms with Crippen molar-refractivity contribution in [1.82, 2.24) is 4.98 Å². The number of ether oxygens (including phenoxy) is 1. The minimum Gasteiger partial charge on any atom is -0.378 e. The summed E-state index contributed by atoms with van der Waals surface area (Å²) in [4.78, 5) is 3.96. The zero-order valence-corrected chi connectivity index (χ0v) is 7.77. The summed E-state index contributed by atoms with van der Waals surface area (Å²) in [5.74, 6) is -0.644. The fourth-order valence-electron chi connectivity index (χ4n) is 0.748. The van der Waals surface area contributed by atoms with Crippen molar-refractivity contribution in [2.45, 2.75) is 6.08 Å². The summed E-state index contributed by atoms with van der Waals surface area (Å²) in [6, 6.07) is -1.80. The lowest BCUT2D eigenvalue weighted by Crippen LogP contribution is -2.52. The molecule has 0 radical (unpaired) electrons. The standard InChI is InChI=1S/C9H11BrN2O/c1-13-7-5-12(6-7)9-4-2-3-8(10)11-9/h2-4,7H,5-6H2,1H3/i1D3,2D,3D,4D,5D2,6D2,7D. The number of methoxy groups -OCH3 is 1. The first kappa shape index (κ1) is 2.70. The van der Waals surface area contributed by atoms with E-state index in [0.717, 1.165) is 0 Å². The minimum absolute atomic E-state index is 0.218. The van der Waals surface area contributed by atoms with Crippen LogP contribution in [0.4, 0.5) is 5.82 Å². The molecule has 4 heteroatoms. The SMILES string of the molecule is [2H]c1c(Br)nc(N2C([2H])([2H])C([2H])(OC([2H])([2H])[2H])C2([2H])[2H])c([2H])c1[2H]. The van der Waals surface area contributed by atoms with Crippen molar-refractivity contribution in [2.24, 2.45) is 0 Å². The molecule has 0 saturated carbocycles. The van der Waals surface area contributed by atoms with E-state index in [0.29, 0.717) is 0 Å². The van der Waals surface area contributed by atoms with E-state index in [1.807, 2.05) is 0 Å². The summed E-state index contributed by atoms with van der Waals surface area (Å²) >= 11 is 2.86. The Labute approximate surface area is 101 Å². The third-order valence-corrected chi connectivity index (χ3v) is 1.66. The second-order valence-corrected chi connectivity index (χ2v) is 2.84. The van der Waals surface area contributed by atoms with E-state index in [2.05, 4.69) is 25.7 Å². The van der Waals surface area contributed by atoms with Gasteiger partial charge in [0.25, 0.3) is 0 Å². The van der Waals surface area contributed by atoms with Gasteiger partial charge in [0, 0.05) is 20.0 Å². The lowest BCUT2D eigenvalue weighted by Gasteiger charge is -2.38. The first-order chi connectivity index (χ1) is 10.6. The van der Waals surface area contributed by atoms with Crippen LogP contribution >= 0.6 is 15.9 Å². The number of anilines is 1. The van der Waals surface area contributed by atoms with E-state index in [4.69, 9.17) is 15.1 Å².